The third kappa shape index (κ3) is 3.22. The Bertz CT molecular complexity index is 174. The van der Waals surface area contributed by atoms with Crippen LogP contribution in [0.15, 0.2) is 16.6 Å². The van der Waals surface area contributed by atoms with E-state index in [-0.39, 0.29) is 38.5 Å². The molecule has 0 unspecified atom stereocenters. The largest absolute Gasteiger partial charge is 3.00 e. The van der Waals surface area contributed by atoms with Gasteiger partial charge in [-0.2, -0.15) is 11.6 Å². The zero-order valence-electron chi connectivity index (χ0n) is 5.49. The van der Waals surface area contributed by atoms with Gasteiger partial charge in [-0.1, -0.05) is 27.3 Å². The maximum Gasteiger partial charge on any atom is 3.00 e. The second-order valence-corrected chi connectivity index (χ2v) is 2.75. The van der Waals surface area contributed by atoms with E-state index in [4.69, 9.17) is 0 Å². The van der Waals surface area contributed by atoms with E-state index >= 15 is 0 Å². The van der Waals surface area contributed by atoms with Gasteiger partial charge in [0.15, 0.2) is 0 Å². The molecule has 0 heterocycles. The Morgan fingerprint density at radius 3 is 2.50 bits per heavy atom. The minimum absolute atomic E-state index is 0. The summed E-state index contributed by atoms with van der Waals surface area (Å²) in [4.78, 5) is 0. The molecule has 3 heteroatoms. The predicted molar refractivity (Wildman–Crippen MR) is 37.7 cm³/mol. The Labute approximate surface area is 93.2 Å². The summed E-state index contributed by atoms with van der Waals surface area (Å²) in [6, 6.07) is 5.70. The smallest absolute Gasteiger partial charge is 0.236 e. The SMILES string of the molecule is Cc1[c-]c(F)cc(Br)c1.[Y+3]. The standard InChI is InChI=1S/C7H5BrF.Y/c1-5-2-6(8)4-7(9)3-5;/h2,4H,1H3;/q-1;+3. The van der Waals surface area contributed by atoms with Crippen LogP contribution in [0.2, 0.25) is 0 Å². The molecule has 10 heavy (non-hydrogen) atoms. The van der Waals surface area contributed by atoms with Crippen molar-refractivity contribution in [1.29, 1.82) is 0 Å². The molecular weight excluding hydrogens is 272 g/mol. The molecule has 0 saturated heterocycles. The van der Waals surface area contributed by atoms with Gasteiger partial charge in [0.1, 0.15) is 0 Å². The molecule has 0 saturated carbocycles. The topological polar surface area (TPSA) is 0 Å². The van der Waals surface area contributed by atoms with Crippen molar-refractivity contribution >= 4 is 15.9 Å². The first-order valence-corrected chi connectivity index (χ1v) is 3.33. The zero-order chi connectivity index (χ0) is 6.85. The zero-order valence-corrected chi connectivity index (χ0v) is 9.91. The summed E-state index contributed by atoms with van der Waals surface area (Å²) in [5.41, 5.74) is 0.807. The van der Waals surface area contributed by atoms with E-state index in [0.29, 0.717) is 0 Å². The maximum atomic E-state index is 12.3. The number of halogens is 2. The van der Waals surface area contributed by atoms with Gasteiger partial charge in [-0.3, -0.25) is 0 Å². The third-order valence-corrected chi connectivity index (χ3v) is 1.39. The number of hydrogen-bond acceptors (Lipinski definition) is 0. The molecule has 48 valence electrons. The monoisotopic (exact) mass is 276 g/mol. The van der Waals surface area contributed by atoms with Crippen molar-refractivity contribution < 1.29 is 37.1 Å². The Morgan fingerprint density at radius 2 is 2.10 bits per heavy atom. The summed E-state index contributed by atoms with van der Waals surface area (Å²) in [5, 5.41) is 0. The summed E-state index contributed by atoms with van der Waals surface area (Å²) in [5.74, 6) is -0.318. The van der Waals surface area contributed by atoms with Crippen molar-refractivity contribution in [2.45, 2.75) is 6.92 Å². The van der Waals surface area contributed by atoms with Crippen molar-refractivity contribution in [3.63, 3.8) is 0 Å². The summed E-state index contributed by atoms with van der Waals surface area (Å²) in [6.07, 6.45) is 0. The predicted octanol–water partition coefficient (Wildman–Crippen LogP) is 2.69. The van der Waals surface area contributed by atoms with Crippen molar-refractivity contribution in [2.24, 2.45) is 0 Å². The molecule has 0 bridgehead atoms. The number of rotatable bonds is 0. The third-order valence-electron chi connectivity index (χ3n) is 0.936. The molecule has 0 aliphatic rings. The molecule has 0 fully saturated rings. The number of benzene rings is 1. The minimum atomic E-state index is -0.318. The molecule has 0 N–H and O–H groups in total. The molecule has 1 aromatic rings. The van der Waals surface area contributed by atoms with Gasteiger partial charge in [0.2, 0.25) is 0 Å². The van der Waals surface area contributed by atoms with Crippen LogP contribution in [-0.4, -0.2) is 0 Å². The van der Waals surface area contributed by atoms with E-state index in [1.165, 1.54) is 6.07 Å². The van der Waals surface area contributed by atoms with Crippen LogP contribution in [-0.2, 0) is 32.7 Å². The fraction of sp³-hybridized carbons (Fsp3) is 0.143. The van der Waals surface area contributed by atoms with Crippen molar-refractivity contribution in [1.82, 2.24) is 0 Å². The average Bonchev–Trinajstić information content (AvgIpc) is 1.59. The van der Waals surface area contributed by atoms with Crippen molar-refractivity contribution in [2.75, 3.05) is 0 Å². The van der Waals surface area contributed by atoms with Gasteiger partial charge in [0, 0.05) is 5.82 Å². The fourth-order valence-corrected chi connectivity index (χ4v) is 1.17. The van der Waals surface area contributed by atoms with Crippen LogP contribution in [0.25, 0.3) is 0 Å². The number of hydrogen-bond donors (Lipinski definition) is 0. The van der Waals surface area contributed by atoms with E-state index in [0.717, 1.165) is 10.0 Å². The minimum Gasteiger partial charge on any atom is -0.236 e. The summed E-state index contributed by atoms with van der Waals surface area (Å²) < 4.78 is 13.1. The first-order valence-electron chi connectivity index (χ1n) is 2.53. The van der Waals surface area contributed by atoms with Gasteiger partial charge in [-0.15, -0.1) is 12.1 Å². The van der Waals surface area contributed by atoms with E-state index < -0.39 is 0 Å². The Kier molecular flexibility index (Phi) is 4.92. The molecular formula is C7H5BrFY+2. The molecule has 0 radical (unpaired) electrons. The van der Waals surface area contributed by atoms with Gasteiger partial charge >= 0.3 is 32.7 Å². The van der Waals surface area contributed by atoms with Crippen molar-refractivity contribution in [3.05, 3.63) is 34.1 Å². The van der Waals surface area contributed by atoms with Crippen LogP contribution >= 0.6 is 15.9 Å². The van der Waals surface area contributed by atoms with Gasteiger partial charge in [-0.25, -0.2) is 4.39 Å². The van der Waals surface area contributed by atoms with Gasteiger partial charge < -0.3 is 0 Å². The van der Waals surface area contributed by atoms with Crippen LogP contribution in [0.3, 0.4) is 0 Å². The first kappa shape index (κ1) is 10.7. The molecule has 0 aliphatic carbocycles. The summed E-state index contributed by atoms with van der Waals surface area (Å²) >= 11 is 3.15. The summed E-state index contributed by atoms with van der Waals surface area (Å²) in [7, 11) is 0. The Morgan fingerprint density at radius 1 is 1.50 bits per heavy atom. The van der Waals surface area contributed by atoms with Crippen LogP contribution in [0.5, 0.6) is 0 Å². The first-order chi connectivity index (χ1) is 4.18. The van der Waals surface area contributed by atoms with Crippen LogP contribution in [0.1, 0.15) is 5.56 Å². The molecule has 0 spiro atoms. The van der Waals surface area contributed by atoms with E-state index in [9.17, 15) is 4.39 Å². The van der Waals surface area contributed by atoms with Gasteiger partial charge in [-0.05, 0) is 0 Å². The van der Waals surface area contributed by atoms with Gasteiger partial charge in [0.25, 0.3) is 0 Å². The Hall–Kier alpha value is 0.734. The molecule has 1 rings (SSSR count). The molecule has 0 nitrogen and oxygen atoms in total. The normalized spacial score (nSPS) is 8.70. The molecule has 0 aliphatic heterocycles. The van der Waals surface area contributed by atoms with E-state index in [1.54, 1.807) is 6.92 Å². The van der Waals surface area contributed by atoms with Crippen LogP contribution in [0.4, 0.5) is 4.39 Å². The second kappa shape index (κ2) is 4.58. The summed E-state index contributed by atoms with van der Waals surface area (Å²) in [6.45, 7) is 1.80. The van der Waals surface area contributed by atoms with Crippen LogP contribution in [0, 0.1) is 18.8 Å². The average molecular weight is 277 g/mol. The van der Waals surface area contributed by atoms with Gasteiger partial charge in [0.05, 0.1) is 0 Å². The van der Waals surface area contributed by atoms with Crippen molar-refractivity contribution in [3.8, 4) is 0 Å². The maximum absolute atomic E-state index is 12.3. The van der Waals surface area contributed by atoms with Crippen LogP contribution < -0.4 is 0 Å². The molecule has 1 aromatic carbocycles. The second-order valence-electron chi connectivity index (χ2n) is 1.83. The van der Waals surface area contributed by atoms with E-state index in [2.05, 4.69) is 22.0 Å². The Balaban J connectivity index is 0.000000810. The molecule has 0 amide bonds. The quantitative estimate of drug-likeness (QED) is 0.639. The number of aryl methyl sites for hydroxylation is 1. The van der Waals surface area contributed by atoms with E-state index in [1.807, 2.05) is 6.07 Å². The molecule has 0 aromatic heterocycles. The molecule has 0 atom stereocenters. The fourth-order valence-electron chi connectivity index (χ4n) is 0.630.